The first-order valence-electron chi connectivity index (χ1n) is 9.85. The number of hydrogen-bond donors (Lipinski definition) is 1. The SMILES string of the molecule is NC(=O)c1ccc(-c2cccc(CC(=O)C3(c4ccc5c(c4)OCO5)CC3)n2)cc1. The number of primary amides is 1. The molecule has 6 nitrogen and oxygen atoms in total. The van der Waals surface area contributed by atoms with Gasteiger partial charge in [0.25, 0.3) is 0 Å². The van der Waals surface area contributed by atoms with Crippen molar-refractivity contribution in [3.8, 4) is 22.8 Å². The smallest absolute Gasteiger partial charge is 0.248 e. The van der Waals surface area contributed by atoms with E-state index in [4.69, 9.17) is 15.2 Å². The van der Waals surface area contributed by atoms with Gasteiger partial charge < -0.3 is 15.2 Å². The summed E-state index contributed by atoms with van der Waals surface area (Å²) in [5, 5.41) is 0. The van der Waals surface area contributed by atoms with Crippen molar-refractivity contribution in [3.63, 3.8) is 0 Å². The summed E-state index contributed by atoms with van der Waals surface area (Å²) < 4.78 is 10.8. The minimum absolute atomic E-state index is 0.162. The number of benzene rings is 2. The molecule has 5 rings (SSSR count). The molecule has 1 saturated carbocycles. The number of rotatable bonds is 6. The fourth-order valence-corrected chi connectivity index (χ4v) is 3.93. The molecule has 2 aromatic carbocycles. The Morgan fingerprint density at radius 2 is 1.73 bits per heavy atom. The van der Waals surface area contributed by atoms with Crippen molar-refractivity contribution in [1.29, 1.82) is 0 Å². The zero-order valence-corrected chi connectivity index (χ0v) is 16.3. The van der Waals surface area contributed by atoms with Crippen LogP contribution in [0, 0.1) is 0 Å². The number of pyridine rings is 1. The lowest BCUT2D eigenvalue weighted by molar-refractivity contribution is -0.120. The number of nitrogens with zero attached hydrogens (tertiary/aromatic N) is 1. The molecule has 0 radical (unpaired) electrons. The number of ether oxygens (including phenoxy) is 2. The number of hydrogen-bond acceptors (Lipinski definition) is 5. The number of Topliss-reactive ketones (excluding diaryl/α,β-unsaturated/α-hetero) is 1. The summed E-state index contributed by atoms with van der Waals surface area (Å²) in [5.41, 5.74) is 8.62. The van der Waals surface area contributed by atoms with Gasteiger partial charge in [0.2, 0.25) is 12.7 Å². The van der Waals surface area contributed by atoms with E-state index < -0.39 is 11.3 Å². The monoisotopic (exact) mass is 400 g/mol. The van der Waals surface area contributed by atoms with Gasteiger partial charge in [-0.25, -0.2) is 0 Å². The Balaban J connectivity index is 1.36. The summed E-state index contributed by atoms with van der Waals surface area (Å²) >= 11 is 0. The van der Waals surface area contributed by atoms with E-state index in [1.54, 1.807) is 12.1 Å². The Morgan fingerprint density at radius 1 is 0.967 bits per heavy atom. The topological polar surface area (TPSA) is 91.5 Å². The summed E-state index contributed by atoms with van der Waals surface area (Å²) in [6.07, 6.45) is 1.93. The molecular formula is C24H20N2O4. The predicted octanol–water partition coefficient (Wildman–Crippen LogP) is 3.42. The molecule has 0 saturated heterocycles. The molecule has 1 aliphatic heterocycles. The Labute approximate surface area is 173 Å². The van der Waals surface area contributed by atoms with Gasteiger partial charge in [0.05, 0.1) is 11.1 Å². The molecule has 0 atom stereocenters. The Morgan fingerprint density at radius 3 is 2.47 bits per heavy atom. The quantitative estimate of drug-likeness (QED) is 0.685. The van der Waals surface area contributed by atoms with Gasteiger partial charge in [0.1, 0.15) is 5.78 Å². The van der Waals surface area contributed by atoms with Crippen molar-refractivity contribution in [2.24, 2.45) is 5.73 Å². The molecule has 1 fully saturated rings. The lowest BCUT2D eigenvalue weighted by Crippen LogP contribution is -2.23. The van der Waals surface area contributed by atoms with Gasteiger partial charge in [-0.1, -0.05) is 24.3 Å². The van der Waals surface area contributed by atoms with E-state index in [1.807, 2.05) is 48.5 Å². The maximum absolute atomic E-state index is 13.2. The van der Waals surface area contributed by atoms with E-state index in [0.29, 0.717) is 11.3 Å². The molecule has 1 amide bonds. The molecule has 2 heterocycles. The molecule has 1 aliphatic carbocycles. The van der Waals surface area contributed by atoms with Crippen LogP contribution in [0.3, 0.4) is 0 Å². The molecule has 2 aliphatic rings. The second kappa shape index (κ2) is 6.99. The lowest BCUT2D eigenvalue weighted by atomic mass is 9.88. The van der Waals surface area contributed by atoms with Crippen LogP contribution in [0.1, 0.15) is 34.5 Å². The van der Waals surface area contributed by atoms with Crippen LogP contribution in [-0.2, 0) is 16.6 Å². The van der Waals surface area contributed by atoms with Crippen molar-refractivity contribution >= 4 is 11.7 Å². The van der Waals surface area contributed by atoms with E-state index in [9.17, 15) is 9.59 Å². The summed E-state index contributed by atoms with van der Waals surface area (Å²) in [6.45, 7) is 0.219. The number of nitrogens with two attached hydrogens (primary N) is 1. The zero-order valence-electron chi connectivity index (χ0n) is 16.3. The normalized spacial score (nSPS) is 15.6. The molecule has 3 aromatic rings. The maximum Gasteiger partial charge on any atom is 0.248 e. The summed E-state index contributed by atoms with van der Waals surface area (Å²) in [5.74, 6) is 1.12. The van der Waals surface area contributed by atoms with E-state index in [-0.39, 0.29) is 19.0 Å². The van der Waals surface area contributed by atoms with Crippen molar-refractivity contribution in [3.05, 3.63) is 77.5 Å². The number of aromatic nitrogens is 1. The predicted molar refractivity (Wildman–Crippen MR) is 110 cm³/mol. The Hall–Kier alpha value is -3.67. The third kappa shape index (κ3) is 3.20. The number of amides is 1. The van der Waals surface area contributed by atoms with Gasteiger partial charge in [0.15, 0.2) is 11.5 Å². The molecule has 0 unspecified atom stereocenters. The number of carbonyl (C=O) groups excluding carboxylic acids is 2. The van der Waals surface area contributed by atoms with Crippen LogP contribution in [0.4, 0.5) is 0 Å². The lowest BCUT2D eigenvalue weighted by Gasteiger charge is -2.15. The Kier molecular flexibility index (Phi) is 4.28. The third-order valence-corrected chi connectivity index (χ3v) is 5.82. The van der Waals surface area contributed by atoms with Crippen LogP contribution >= 0.6 is 0 Å². The van der Waals surface area contributed by atoms with Gasteiger partial charge in [-0.05, 0) is 54.8 Å². The van der Waals surface area contributed by atoms with E-state index >= 15 is 0 Å². The number of ketones is 1. The highest BCUT2D eigenvalue weighted by atomic mass is 16.7. The first-order chi connectivity index (χ1) is 14.5. The van der Waals surface area contributed by atoms with Gasteiger partial charge in [-0.2, -0.15) is 0 Å². The standard InChI is InChI=1S/C24H20N2O4/c25-23(28)16-6-4-15(5-7-16)19-3-1-2-18(26-19)13-22(27)24(10-11-24)17-8-9-20-21(12-17)30-14-29-20/h1-9,12H,10-11,13-14H2,(H2,25,28). The molecule has 6 heteroatoms. The van der Waals surface area contributed by atoms with Crippen molar-refractivity contribution in [2.75, 3.05) is 6.79 Å². The third-order valence-electron chi connectivity index (χ3n) is 5.82. The van der Waals surface area contributed by atoms with Crippen LogP contribution in [0.2, 0.25) is 0 Å². The molecule has 30 heavy (non-hydrogen) atoms. The highest BCUT2D eigenvalue weighted by Gasteiger charge is 2.50. The fourth-order valence-electron chi connectivity index (χ4n) is 3.93. The van der Waals surface area contributed by atoms with Crippen LogP contribution in [0.25, 0.3) is 11.3 Å². The van der Waals surface area contributed by atoms with E-state index in [2.05, 4.69) is 4.98 Å². The minimum Gasteiger partial charge on any atom is -0.454 e. The summed E-state index contributed by atoms with van der Waals surface area (Å²) in [7, 11) is 0. The van der Waals surface area contributed by atoms with Crippen LogP contribution in [0.15, 0.2) is 60.7 Å². The van der Waals surface area contributed by atoms with Crippen molar-refractivity contribution < 1.29 is 19.1 Å². The minimum atomic E-state index is -0.466. The fraction of sp³-hybridized carbons (Fsp3) is 0.208. The van der Waals surface area contributed by atoms with Crippen LogP contribution in [0.5, 0.6) is 11.5 Å². The van der Waals surface area contributed by atoms with Gasteiger partial charge in [0, 0.05) is 23.2 Å². The first-order valence-corrected chi connectivity index (χ1v) is 9.85. The first kappa shape index (κ1) is 18.4. The summed E-state index contributed by atoms with van der Waals surface area (Å²) in [6, 6.07) is 18.4. The molecule has 0 bridgehead atoms. The number of fused-ring (bicyclic) bond motifs is 1. The van der Waals surface area contributed by atoms with Gasteiger partial charge in [-0.3, -0.25) is 14.6 Å². The summed E-state index contributed by atoms with van der Waals surface area (Å²) in [4.78, 5) is 29.1. The largest absolute Gasteiger partial charge is 0.454 e. The van der Waals surface area contributed by atoms with Gasteiger partial charge >= 0.3 is 0 Å². The second-order valence-electron chi connectivity index (χ2n) is 7.71. The molecule has 1 aromatic heterocycles. The number of carbonyl (C=O) groups is 2. The average molecular weight is 400 g/mol. The van der Waals surface area contributed by atoms with E-state index in [0.717, 1.165) is 41.1 Å². The zero-order chi connectivity index (χ0) is 20.7. The molecule has 0 spiro atoms. The highest BCUT2D eigenvalue weighted by Crippen LogP contribution is 2.51. The molecule has 2 N–H and O–H groups in total. The van der Waals surface area contributed by atoms with E-state index in [1.165, 1.54) is 0 Å². The van der Waals surface area contributed by atoms with Crippen molar-refractivity contribution in [1.82, 2.24) is 4.98 Å². The van der Waals surface area contributed by atoms with Crippen LogP contribution in [-0.4, -0.2) is 23.5 Å². The highest BCUT2D eigenvalue weighted by molar-refractivity contribution is 5.95. The average Bonchev–Trinajstić information content (AvgIpc) is 3.45. The van der Waals surface area contributed by atoms with Crippen molar-refractivity contribution in [2.45, 2.75) is 24.7 Å². The van der Waals surface area contributed by atoms with Gasteiger partial charge in [-0.15, -0.1) is 0 Å². The van der Waals surface area contributed by atoms with Crippen LogP contribution < -0.4 is 15.2 Å². The molecule has 150 valence electrons. The second-order valence-corrected chi connectivity index (χ2v) is 7.71. The maximum atomic E-state index is 13.2. The molecular weight excluding hydrogens is 380 g/mol. The Bertz CT molecular complexity index is 1150.